The minimum Gasteiger partial charge on any atom is -0.493 e. The Kier molecular flexibility index (Phi) is 5.18. The number of hydrogen-bond donors (Lipinski definition) is 0. The van der Waals surface area contributed by atoms with Crippen LogP contribution in [0.3, 0.4) is 0 Å². The van der Waals surface area contributed by atoms with Crippen molar-refractivity contribution in [3.05, 3.63) is 34.2 Å². The highest BCUT2D eigenvalue weighted by Crippen LogP contribution is 2.44. The molecular formula is C23H28O7Si. The normalized spacial score (nSPS) is 13.8. The van der Waals surface area contributed by atoms with E-state index in [9.17, 15) is 4.79 Å². The predicted molar refractivity (Wildman–Crippen MR) is 121 cm³/mol. The molecule has 31 heavy (non-hydrogen) atoms. The van der Waals surface area contributed by atoms with Crippen molar-refractivity contribution in [1.82, 2.24) is 0 Å². The Morgan fingerprint density at radius 3 is 2.23 bits per heavy atom. The van der Waals surface area contributed by atoms with E-state index in [0.717, 1.165) is 10.9 Å². The van der Waals surface area contributed by atoms with E-state index in [1.54, 1.807) is 13.2 Å². The van der Waals surface area contributed by atoms with Gasteiger partial charge in [-0.3, -0.25) is 0 Å². The molecule has 0 saturated carbocycles. The predicted octanol–water partition coefficient (Wildman–Crippen LogP) is 5.21. The molecule has 0 saturated heterocycles. The van der Waals surface area contributed by atoms with E-state index >= 15 is 0 Å². The number of benzene rings is 2. The van der Waals surface area contributed by atoms with Crippen LogP contribution in [0, 0.1) is 0 Å². The van der Waals surface area contributed by atoms with Crippen LogP contribution in [0.15, 0.2) is 27.4 Å². The molecule has 2 heterocycles. The minimum atomic E-state index is -2.03. The van der Waals surface area contributed by atoms with Gasteiger partial charge in [-0.05, 0) is 41.9 Å². The highest BCUT2D eigenvalue weighted by molar-refractivity contribution is 6.74. The van der Waals surface area contributed by atoms with Gasteiger partial charge in [-0.1, -0.05) is 20.8 Å². The zero-order valence-corrected chi connectivity index (χ0v) is 20.0. The number of rotatable bonds is 5. The summed E-state index contributed by atoms with van der Waals surface area (Å²) < 4.78 is 34.3. The summed E-state index contributed by atoms with van der Waals surface area (Å²) in [7, 11) is 1.05. The van der Waals surface area contributed by atoms with Crippen molar-refractivity contribution in [2.24, 2.45) is 0 Å². The Hall–Kier alpha value is -2.71. The molecule has 1 aliphatic rings. The summed E-state index contributed by atoms with van der Waals surface area (Å²) in [5, 5.41) is 1.91. The zero-order valence-electron chi connectivity index (χ0n) is 19.0. The first-order chi connectivity index (χ1) is 14.6. The monoisotopic (exact) mass is 444 g/mol. The maximum atomic E-state index is 12.8. The van der Waals surface area contributed by atoms with E-state index in [2.05, 4.69) is 33.9 Å². The van der Waals surface area contributed by atoms with Gasteiger partial charge in [0.2, 0.25) is 12.5 Å². The Morgan fingerprint density at radius 1 is 1.00 bits per heavy atom. The number of ether oxygens (including phenoxy) is 4. The van der Waals surface area contributed by atoms with Crippen molar-refractivity contribution < 1.29 is 27.8 Å². The van der Waals surface area contributed by atoms with Crippen LogP contribution in [0.5, 0.6) is 23.0 Å². The van der Waals surface area contributed by atoms with E-state index in [0.29, 0.717) is 46.0 Å². The van der Waals surface area contributed by atoms with Gasteiger partial charge in [0.1, 0.15) is 0 Å². The van der Waals surface area contributed by atoms with Crippen LogP contribution in [0.25, 0.3) is 21.7 Å². The number of hydrogen-bond acceptors (Lipinski definition) is 7. The summed E-state index contributed by atoms with van der Waals surface area (Å²) in [6, 6.07) is 5.37. The molecular weight excluding hydrogens is 416 g/mol. The largest absolute Gasteiger partial charge is 0.493 e. The third-order valence-corrected chi connectivity index (χ3v) is 10.8. The van der Waals surface area contributed by atoms with Gasteiger partial charge in [0.05, 0.1) is 26.2 Å². The molecule has 8 heteroatoms. The maximum absolute atomic E-state index is 12.8. The van der Waals surface area contributed by atoms with Gasteiger partial charge in [0.15, 0.2) is 31.1 Å². The Bertz CT molecular complexity index is 1220. The van der Waals surface area contributed by atoms with Crippen LogP contribution in [0.4, 0.5) is 0 Å². The van der Waals surface area contributed by atoms with Crippen LogP contribution >= 0.6 is 0 Å². The first-order valence-corrected chi connectivity index (χ1v) is 13.1. The molecule has 0 aliphatic carbocycles. The molecule has 7 nitrogen and oxygen atoms in total. The molecule has 0 N–H and O–H groups in total. The Balaban J connectivity index is 2.01. The average molecular weight is 445 g/mol. The summed E-state index contributed by atoms with van der Waals surface area (Å²) in [6.45, 7) is 11.5. The molecule has 0 atom stereocenters. The van der Waals surface area contributed by atoms with Gasteiger partial charge in [0, 0.05) is 10.8 Å². The number of fused-ring (bicyclic) bond motifs is 4. The fourth-order valence-electron chi connectivity index (χ4n) is 3.46. The van der Waals surface area contributed by atoms with E-state index in [4.69, 9.17) is 27.8 Å². The summed E-state index contributed by atoms with van der Waals surface area (Å²) >= 11 is 0. The van der Waals surface area contributed by atoms with Crippen molar-refractivity contribution in [2.75, 3.05) is 21.0 Å². The fourth-order valence-corrected chi connectivity index (χ4v) is 4.41. The molecule has 3 aromatic rings. The van der Waals surface area contributed by atoms with E-state index < -0.39 is 13.9 Å². The van der Waals surface area contributed by atoms with Crippen LogP contribution in [0.1, 0.15) is 26.3 Å². The molecule has 0 unspecified atom stereocenters. The third kappa shape index (κ3) is 3.53. The van der Waals surface area contributed by atoms with Gasteiger partial charge in [-0.2, -0.15) is 0 Å². The molecule has 0 fully saturated rings. The van der Waals surface area contributed by atoms with Gasteiger partial charge in [-0.15, -0.1) is 0 Å². The summed E-state index contributed by atoms with van der Waals surface area (Å²) in [5.74, 6) is 1.96. The molecule has 2 aromatic carbocycles. The lowest BCUT2D eigenvalue weighted by Crippen LogP contribution is -2.40. The standard InChI is InChI=1S/C23H28O7Si/c1-23(2,3)31(6,7)29-11-13-8-18(25-4)20(26-5)21-19(13)14-9-16-17(28-12-27-16)10-15(14)22(24)30-21/h8-10H,11-12H2,1-7H3. The lowest BCUT2D eigenvalue weighted by Gasteiger charge is -2.36. The van der Waals surface area contributed by atoms with Crippen molar-refractivity contribution in [1.29, 1.82) is 0 Å². The minimum absolute atomic E-state index is 0.0555. The van der Waals surface area contributed by atoms with Crippen molar-refractivity contribution in [3.8, 4) is 23.0 Å². The van der Waals surface area contributed by atoms with Crippen molar-refractivity contribution >= 4 is 30.1 Å². The second kappa shape index (κ2) is 7.46. The highest BCUT2D eigenvalue weighted by Gasteiger charge is 2.37. The lowest BCUT2D eigenvalue weighted by molar-refractivity contribution is 0.174. The fraction of sp³-hybridized carbons (Fsp3) is 0.435. The first kappa shape index (κ1) is 21.5. The first-order valence-electron chi connectivity index (χ1n) is 10.2. The van der Waals surface area contributed by atoms with Crippen LogP contribution in [-0.4, -0.2) is 29.3 Å². The molecule has 0 radical (unpaired) electrons. The smallest absolute Gasteiger partial charge is 0.344 e. The third-order valence-electron chi connectivity index (χ3n) is 6.30. The Morgan fingerprint density at radius 2 is 1.65 bits per heavy atom. The lowest BCUT2D eigenvalue weighted by atomic mass is 10.0. The molecule has 1 aromatic heterocycles. The van der Waals surface area contributed by atoms with Gasteiger partial charge < -0.3 is 27.8 Å². The Labute approximate surface area is 181 Å². The summed E-state index contributed by atoms with van der Waals surface area (Å²) in [6.07, 6.45) is 0. The summed E-state index contributed by atoms with van der Waals surface area (Å²) in [5.41, 5.74) is 0.695. The van der Waals surface area contributed by atoms with Gasteiger partial charge in [-0.25, -0.2) is 4.79 Å². The van der Waals surface area contributed by atoms with E-state index in [-0.39, 0.29) is 11.8 Å². The molecule has 0 bridgehead atoms. The second-order valence-electron chi connectivity index (χ2n) is 9.16. The topological polar surface area (TPSA) is 76.4 Å². The van der Waals surface area contributed by atoms with Crippen LogP contribution in [0.2, 0.25) is 18.1 Å². The SMILES string of the molecule is COc1cc(CO[Si](C)(C)C(C)(C)C)c2c(oc(=O)c3cc4c(cc32)OCO4)c1OC. The quantitative estimate of drug-likeness (QED) is 0.304. The number of methoxy groups -OCH3 is 2. The molecule has 0 amide bonds. The van der Waals surface area contributed by atoms with Crippen molar-refractivity contribution in [3.63, 3.8) is 0 Å². The van der Waals surface area contributed by atoms with Gasteiger partial charge in [0.25, 0.3) is 0 Å². The van der Waals surface area contributed by atoms with E-state index in [1.807, 2.05) is 12.1 Å². The molecule has 0 spiro atoms. The molecule has 1 aliphatic heterocycles. The second-order valence-corrected chi connectivity index (χ2v) is 14.0. The molecule has 166 valence electrons. The van der Waals surface area contributed by atoms with Crippen molar-refractivity contribution in [2.45, 2.75) is 45.5 Å². The van der Waals surface area contributed by atoms with Crippen LogP contribution in [-0.2, 0) is 11.0 Å². The zero-order chi connectivity index (χ0) is 22.6. The summed E-state index contributed by atoms with van der Waals surface area (Å²) in [4.78, 5) is 12.8. The van der Waals surface area contributed by atoms with Crippen LogP contribution < -0.4 is 24.6 Å². The maximum Gasteiger partial charge on any atom is 0.344 e. The van der Waals surface area contributed by atoms with Gasteiger partial charge >= 0.3 is 5.63 Å². The molecule has 4 rings (SSSR count). The average Bonchev–Trinajstić information content (AvgIpc) is 3.17. The van der Waals surface area contributed by atoms with E-state index in [1.165, 1.54) is 7.11 Å². The highest BCUT2D eigenvalue weighted by atomic mass is 28.4.